The van der Waals surface area contributed by atoms with Crippen LogP contribution < -0.4 is 0 Å². The third-order valence-electron chi connectivity index (χ3n) is 7.83. The standard InChI is InChI=1S/C29H38F2O/c1-3-4-5-6-21-9-18-27(32-19-21)24-14-12-23(13-15-24)26-17-16-25(28(30)29(26)31)22-10-7-20(2)8-11-22/h7-8,10-11,16-17,21,23-24,27H,3-6,9,12-15,18-19H2,1-2H3. The smallest absolute Gasteiger partial charge is 0.166 e. The minimum absolute atomic E-state index is 0.109. The van der Waals surface area contributed by atoms with Gasteiger partial charge in [0.2, 0.25) is 0 Å². The van der Waals surface area contributed by atoms with Crippen LogP contribution in [-0.2, 0) is 4.74 Å². The van der Waals surface area contributed by atoms with Crippen LogP contribution in [0.2, 0.25) is 0 Å². The average molecular weight is 441 g/mol. The second-order valence-electron chi connectivity index (χ2n) is 10.1. The third kappa shape index (κ3) is 5.42. The van der Waals surface area contributed by atoms with Gasteiger partial charge in [-0.3, -0.25) is 0 Å². The second kappa shape index (κ2) is 10.9. The van der Waals surface area contributed by atoms with Gasteiger partial charge in [-0.05, 0) is 80.8 Å². The third-order valence-corrected chi connectivity index (χ3v) is 7.83. The highest BCUT2D eigenvalue weighted by molar-refractivity contribution is 5.65. The van der Waals surface area contributed by atoms with Gasteiger partial charge in [0.25, 0.3) is 0 Å². The summed E-state index contributed by atoms with van der Waals surface area (Å²) in [6.07, 6.45) is 12.0. The van der Waals surface area contributed by atoms with Crippen molar-refractivity contribution in [2.24, 2.45) is 11.8 Å². The summed E-state index contributed by atoms with van der Waals surface area (Å²) >= 11 is 0. The van der Waals surface area contributed by atoms with E-state index < -0.39 is 11.6 Å². The molecule has 2 fully saturated rings. The topological polar surface area (TPSA) is 9.23 Å². The Labute approximate surface area is 192 Å². The van der Waals surface area contributed by atoms with E-state index in [1.165, 1.54) is 38.5 Å². The number of unbranched alkanes of at least 4 members (excludes halogenated alkanes) is 2. The van der Waals surface area contributed by atoms with Crippen molar-refractivity contribution in [3.63, 3.8) is 0 Å². The summed E-state index contributed by atoms with van der Waals surface area (Å²) in [4.78, 5) is 0. The molecule has 32 heavy (non-hydrogen) atoms. The molecule has 1 nitrogen and oxygen atoms in total. The van der Waals surface area contributed by atoms with Gasteiger partial charge in [-0.1, -0.05) is 68.1 Å². The van der Waals surface area contributed by atoms with Gasteiger partial charge in [-0.25, -0.2) is 8.78 Å². The normalized spacial score (nSPS) is 26.2. The monoisotopic (exact) mass is 440 g/mol. The second-order valence-corrected chi connectivity index (χ2v) is 10.1. The van der Waals surface area contributed by atoms with Gasteiger partial charge in [0.1, 0.15) is 0 Å². The lowest BCUT2D eigenvalue weighted by Crippen LogP contribution is -2.34. The lowest BCUT2D eigenvalue weighted by atomic mass is 9.74. The van der Waals surface area contributed by atoms with E-state index in [1.54, 1.807) is 6.07 Å². The zero-order chi connectivity index (χ0) is 22.5. The van der Waals surface area contributed by atoms with E-state index in [2.05, 4.69) is 6.92 Å². The van der Waals surface area contributed by atoms with Crippen molar-refractivity contribution in [3.05, 3.63) is 59.2 Å². The van der Waals surface area contributed by atoms with Crippen LogP contribution in [0.25, 0.3) is 11.1 Å². The first-order valence-electron chi connectivity index (χ1n) is 12.7. The lowest BCUT2D eigenvalue weighted by molar-refractivity contribution is -0.0579. The highest BCUT2D eigenvalue weighted by atomic mass is 19.2. The molecule has 0 aromatic heterocycles. The van der Waals surface area contributed by atoms with Gasteiger partial charge in [0, 0.05) is 12.2 Å². The number of aryl methyl sites for hydroxylation is 1. The maximum Gasteiger partial charge on any atom is 0.166 e. The van der Waals surface area contributed by atoms with E-state index in [4.69, 9.17) is 4.74 Å². The summed E-state index contributed by atoms with van der Waals surface area (Å²) in [6, 6.07) is 11.2. The number of rotatable bonds is 7. The summed E-state index contributed by atoms with van der Waals surface area (Å²) in [5.74, 6) is 0.0487. The Hall–Kier alpha value is -1.74. The van der Waals surface area contributed by atoms with E-state index in [1.807, 2.05) is 37.3 Å². The Morgan fingerprint density at radius 3 is 2.25 bits per heavy atom. The molecule has 174 valence electrons. The molecule has 2 aliphatic rings. The van der Waals surface area contributed by atoms with Crippen LogP contribution in [0.15, 0.2) is 36.4 Å². The Bertz CT molecular complexity index is 859. The molecule has 2 aromatic rings. The Balaban J connectivity index is 1.33. The molecule has 0 bridgehead atoms. The van der Waals surface area contributed by atoms with Crippen molar-refractivity contribution >= 4 is 0 Å². The number of halogens is 2. The molecular formula is C29H38F2O. The molecule has 1 aliphatic heterocycles. The lowest BCUT2D eigenvalue weighted by Gasteiger charge is -2.38. The van der Waals surface area contributed by atoms with Crippen molar-refractivity contribution in [1.82, 2.24) is 0 Å². The summed E-state index contributed by atoms with van der Waals surface area (Å²) in [5.41, 5.74) is 2.74. The Morgan fingerprint density at radius 1 is 0.844 bits per heavy atom. The van der Waals surface area contributed by atoms with Gasteiger partial charge < -0.3 is 4.74 Å². The van der Waals surface area contributed by atoms with Crippen LogP contribution >= 0.6 is 0 Å². The van der Waals surface area contributed by atoms with E-state index in [-0.39, 0.29) is 5.92 Å². The fourth-order valence-electron chi connectivity index (χ4n) is 5.75. The van der Waals surface area contributed by atoms with Crippen molar-refractivity contribution in [1.29, 1.82) is 0 Å². The van der Waals surface area contributed by atoms with Crippen LogP contribution in [0.4, 0.5) is 8.78 Å². The molecule has 0 N–H and O–H groups in total. The highest BCUT2D eigenvalue weighted by Crippen LogP contribution is 2.42. The van der Waals surface area contributed by atoms with E-state index >= 15 is 4.39 Å². The minimum Gasteiger partial charge on any atom is -0.378 e. The quantitative estimate of drug-likeness (QED) is 0.392. The molecule has 0 radical (unpaired) electrons. The summed E-state index contributed by atoms with van der Waals surface area (Å²) in [5, 5.41) is 0. The first kappa shape index (κ1) is 23.4. The summed E-state index contributed by atoms with van der Waals surface area (Å²) < 4.78 is 36.2. The van der Waals surface area contributed by atoms with Crippen molar-refractivity contribution < 1.29 is 13.5 Å². The molecule has 1 saturated carbocycles. The van der Waals surface area contributed by atoms with Gasteiger partial charge in [0.05, 0.1) is 6.10 Å². The van der Waals surface area contributed by atoms with Crippen LogP contribution in [-0.4, -0.2) is 12.7 Å². The predicted molar refractivity (Wildman–Crippen MR) is 128 cm³/mol. The van der Waals surface area contributed by atoms with Crippen molar-refractivity contribution in [3.8, 4) is 11.1 Å². The molecule has 0 amide bonds. The highest BCUT2D eigenvalue weighted by Gasteiger charge is 2.33. The van der Waals surface area contributed by atoms with E-state index in [0.29, 0.717) is 23.1 Å². The largest absolute Gasteiger partial charge is 0.378 e. The van der Waals surface area contributed by atoms with E-state index in [9.17, 15) is 4.39 Å². The first-order chi connectivity index (χ1) is 15.6. The van der Waals surface area contributed by atoms with Crippen LogP contribution in [0.3, 0.4) is 0 Å². The molecular weight excluding hydrogens is 402 g/mol. The van der Waals surface area contributed by atoms with Gasteiger partial charge >= 0.3 is 0 Å². The molecule has 4 rings (SSSR count). The number of ether oxygens (including phenoxy) is 1. The fraction of sp³-hybridized carbons (Fsp3) is 0.586. The van der Waals surface area contributed by atoms with Gasteiger partial charge in [-0.15, -0.1) is 0 Å². The maximum absolute atomic E-state index is 15.0. The SMILES string of the molecule is CCCCCC1CCC(C2CCC(c3ccc(-c4ccc(C)cc4)c(F)c3F)CC2)OC1. The average Bonchev–Trinajstić information content (AvgIpc) is 2.82. The molecule has 2 aromatic carbocycles. The molecule has 2 unspecified atom stereocenters. The van der Waals surface area contributed by atoms with Crippen LogP contribution in [0.1, 0.15) is 88.2 Å². The molecule has 1 aliphatic carbocycles. The summed E-state index contributed by atoms with van der Waals surface area (Å²) in [7, 11) is 0. The van der Waals surface area contributed by atoms with Crippen LogP contribution in [0.5, 0.6) is 0 Å². The zero-order valence-corrected chi connectivity index (χ0v) is 19.7. The van der Waals surface area contributed by atoms with E-state index in [0.717, 1.165) is 49.3 Å². The van der Waals surface area contributed by atoms with Crippen molar-refractivity contribution in [2.45, 2.75) is 90.1 Å². The summed E-state index contributed by atoms with van der Waals surface area (Å²) in [6.45, 7) is 5.15. The molecule has 3 heteroatoms. The first-order valence-corrected chi connectivity index (χ1v) is 12.7. The van der Waals surface area contributed by atoms with Crippen LogP contribution in [0, 0.1) is 30.4 Å². The van der Waals surface area contributed by atoms with Gasteiger partial charge in [0.15, 0.2) is 11.6 Å². The van der Waals surface area contributed by atoms with Crippen molar-refractivity contribution in [2.75, 3.05) is 6.61 Å². The maximum atomic E-state index is 15.0. The predicted octanol–water partition coefficient (Wildman–Crippen LogP) is 8.59. The molecule has 1 heterocycles. The Morgan fingerprint density at radius 2 is 1.59 bits per heavy atom. The number of benzene rings is 2. The van der Waals surface area contributed by atoms with Gasteiger partial charge in [-0.2, -0.15) is 0 Å². The molecule has 1 saturated heterocycles. The molecule has 0 spiro atoms. The number of hydrogen-bond acceptors (Lipinski definition) is 1. The zero-order valence-electron chi connectivity index (χ0n) is 19.7. The fourth-order valence-corrected chi connectivity index (χ4v) is 5.75. The number of hydrogen-bond donors (Lipinski definition) is 0. The molecule has 2 atom stereocenters. The minimum atomic E-state index is -0.710. The Kier molecular flexibility index (Phi) is 7.99.